The lowest BCUT2D eigenvalue weighted by Gasteiger charge is -2.06. The molecule has 1 aromatic heterocycles. The normalized spacial score (nSPS) is 14.5. The molecule has 7 nitrogen and oxygen atoms in total. The summed E-state index contributed by atoms with van der Waals surface area (Å²) < 4.78 is 1.63. The lowest BCUT2D eigenvalue weighted by atomic mass is 10.1. The Bertz CT molecular complexity index is 1180. The van der Waals surface area contributed by atoms with Crippen molar-refractivity contribution in [2.24, 2.45) is 0 Å². The van der Waals surface area contributed by atoms with Gasteiger partial charge in [-0.25, -0.2) is 4.98 Å². The standard InChI is InChI=1S/C19H15ClN4O3/c1-21-16-4-2-11(9-17(16)24(26)27)8-12-6-7-23-18(12)22-15-5-3-13(20)10-14(15)19(23)25/h2-5,8-10,21H,6-7H2,1H3/b12-8+. The predicted molar refractivity (Wildman–Crippen MR) is 106 cm³/mol. The van der Waals surface area contributed by atoms with Crippen molar-refractivity contribution in [2.75, 3.05) is 12.4 Å². The molecule has 4 rings (SSSR count). The Morgan fingerprint density at radius 1 is 1.30 bits per heavy atom. The first-order valence-corrected chi connectivity index (χ1v) is 8.73. The first-order chi connectivity index (χ1) is 13.0. The van der Waals surface area contributed by atoms with Gasteiger partial charge in [0.1, 0.15) is 11.5 Å². The van der Waals surface area contributed by atoms with Gasteiger partial charge >= 0.3 is 0 Å². The van der Waals surface area contributed by atoms with Crippen LogP contribution in [0.15, 0.2) is 41.2 Å². The molecule has 1 N–H and O–H groups in total. The zero-order chi connectivity index (χ0) is 19.1. The summed E-state index contributed by atoms with van der Waals surface area (Å²) in [6.45, 7) is 0.520. The highest BCUT2D eigenvalue weighted by atomic mass is 35.5. The second-order valence-corrected chi connectivity index (χ2v) is 6.69. The summed E-state index contributed by atoms with van der Waals surface area (Å²) in [5.74, 6) is 0.593. The summed E-state index contributed by atoms with van der Waals surface area (Å²) in [5, 5.41) is 15.1. The Labute approximate surface area is 159 Å². The molecular formula is C19H15ClN4O3. The van der Waals surface area contributed by atoms with Crippen LogP contribution in [0.5, 0.6) is 0 Å². The maximum absolute atomic E-state index is 12.7. The number of nitrogens with one attached hydrogen (secondary N) is 1. The van der Waals surface area contributed by atoms with Gasteiger partial charge in [-0.05, 0) is 47.9 Å². The molecule has 8 heteroatoms. The molecule has 0 spiro atoms. The van der Waals surface area contributed by atoms with Crippen LogP contribution < -0.4 is 10.9 Å². The third-order valence-corrected chi connectivity index (χ3v) is 4.87. The van der Waals surface area contributed by atoms with Crippen molar-refractivity contribution in [1.82, 2.24) is 9.55 Å². The van der Waals surface area contributed by atoms with E-state index < -0.39 is 4.92 Å². The van der Waals surface area contributed by atoms with Gasteiger partial charge in [0, 0.05) is 24.7 Å². The molecule has 0 atom stereocenters. The van der Waals surface area contributed by atoms with E-state index in [9.17, 15) is 14.9 Å². The van der Waals surface area contributed by atoms with E-state index in [1.165, 1.54) is 6.07 Å². The molecule has 1 aliphatic heterocycles. The molecule has 3 aromatic rings. The molecule has 0 bridgehead atoms. The lowest BCUT2D eigenvalue weighted by Crippen LogP contribution is -2.20. The highest BCUT2D eigenvalue weighted by molar-refractivity contribution is 6.31. The smallest absolute Gasteiger partial charge is 0.292 e. The van der Waals surface area contributed by atoms with Crippen molar-refractivity contribution in [3.8, 4) is 0 Å². The zero-order valence-electron chi connectivity index (χ0n) is 14.4. The molecule has 136 valence electrons. The highest BCUT2D eigenvalue weighted by Gasteiger charge is 2.21. The van der Waals surface area contributed by atoms with E-state index >= 15 is 0 Å². The van der Waals surface area contributed by atoms with Gasteiger partial charge in [0.15, 0.2) is 0 Å². The first-order valence-electron chi connectivity index (χ1n) is 8.35. The van der Waals surface area contributed by atoms with Gasteiger partial charge in [0.05, 0.1) is 15.8 Å². The van der Waals surface area contributed by atoms with E-state index in [1.54, 1.807) is 41.9 Å². The van der Waals surface area contributed by atoms with E-state index in [4.69, 9.17) is 11.6 Å². The van der Waals surface area contributed by atoms with E-state index in [0.717, 1.165) is 5.57 Å². The number of hydrogen-bond acceptors (Lipinski definition) is 5. The Morgan fingerprint density at radius 3 is 2.85 bits per heavy atom. The van der Waals surface area contributed by atoms with Crippen molar-refractivity contribution in [2.45, 2.75) is 13.0 Å². The number of anilines is 1. The number of rotatable bonds is 3. The van der Waals surface area contributed by atoms with Crippen LogP contribution in [0.4, 0.5) is 11.4 Å². The fourth-order valence-electron chi connectivity index (χ4n) is 3.33. The molecule has 0 radical (unpaired) electrons. The molecular weight excluding hydrogens is 368 g/mol. The molecule has 0 saturated heterocycles. The van der Waals surface area contributed by atoms with Crippen LogP contribution in [0, 0.1) is 10.1 Å². The number of nitro benzene ring substituents is 1. The molecule has 0 saturated carbocycles. The number of allylic oxidation sites excluding steroid dienone is 1. The van der Waals surface area contributed by atoms with Crippen molar-refractivity contribution in [1.29, 1.82) is 0 Å². The van der Waals surface area contributed by atoms with Gasteiger partial charge in [-0.3, -0.25) is 19.5 Å². The molecule has 2 heterocycles. The molecule has 1 aliphatic rings. The maximum atomic E-state index is 12.7. The Morgan fingerprint density at radius 2 is 2.11 bits per heavy atom. The first kappa shape index (κ1) is 17.2. The second-order valence-electron chi connectivity index (χ2n) is 6.26. The SMILES string of the molecule is CNc1ccc(/C=C2\CCn3c2nc2ccc(Cl)cc2c3=O)cc1[N+](=O)[O-]. The largest absolute Gasteiger partial charge is 0.383 e. The van der Waals surface area contributed by atoms with Gasteiger partial charge in [-0.1, -0.05) is 17.7 Å². The minimum absolute atomic E-state index is 0.00310. The number of aromatic nitrogens is 2. The average Bonchev–Trinajstić information content (AvgIpc) is 3.05. The van der Waals surface area contributed by atoms with Crippen LogP contribution in [-0.2, 0) is 6.54 Å². The van der Waals surface area contributed by atoms with Crippen molar-refractivity contribution in [3.63, 3.8) is 0 Å². The van der Waals surface area contributed by atoms with Crippen molar-refractivity contribution >= 4 is 45.5 Å². The van der Waals surface area contributed by atoms with Crippen LogP contribution in [0.2, 0.25) is 5.02 Å². The van der Waals surface area contributed by atoms with Crippen LogP contribution in [0.3, 0.4) is 0 Å². The average molecular weight is 383 g/mol. The highest BCUT2D eigenvalue weighted by Crippen LogP contribution is 2.31. The predicted octanol–water partition coefficient (Wildman–Crippen LogP) is 3.94. The fraction of sp³-hybridized carbons (Fsp3) is 0.158. The number of hydrogen-bond donors (Lipinski definition) is 1. The molecule has 0 aliphatic carbocycles. The van der Waals surface area contributed by atoms with E-state index in [-0.39, 0.29) is 11.2 Å². The topological polar surface area (TPSA) is 90.1 Å². The monoisotopic (exact) mass is 382 g/mol. The van der Waals surface area contributed by atoms with Gasteiger partial charge in [0.2, 0.25) is 0 Å². The van der Waals surface area contributed by atoms with Crippen LogP contribution >= 0.6 is 11.6 Å². The molecule has 0 amide bonds. The minimum atomic E-state index is -0.420. The van der Waals surface area contributed by atoms with Crippen LogP contribution in [-0.4, -0.2) is 21.5 Å². The quantitative estimate of drug-likeness (QED) is 0.547. The molecule has 0 unspecified atom stereocenters. The molecule has 2 aromatic carbocycles. The van der Waals surface area contributed by atoms with Crippen molar-refractivity contribution in [3.05, 3.63) is 73.3 Å². The third kappa shape index (κ3) is 2.96. The van der Waals surface area contributed by atoms with Crippen LogP contribution in [0.25, 0.3) is 22.6 Å². The van der Waals surface area contributed by atoms with Crippen molar-refractivity contribution < 1.29 is 4.92 Å². The summed E-state index contributed by atoms with van der Waals surface area (Å²) in [6.07, 6.45) is 2.48. The Hall–Kier alpha value is -3.19. The fourth-order valence-corrected chi connectivity index (χ4v) is 3.50. The number of nitrogens with zero attached hydrogens (tertiary/aromatic N) is 3. The summed E-state index contributed by atoms with van der Waals surface area (Å²) >= 11 is 6.00. The molecule has 27 heavy (non-hydrogen) atoms. The van der Waals surface area contributed by atoms with Crippen LogP contribution in [0.1, 0.15) is 17.8 Å². The summed E-state index contributed by atoms with van der Waals surface area (Å²) in [4.78, 5) is 28.2. The third-order valence-electron chi connectivity index (χ3n) is 4.64. The van der Waals surface area contributed by atoms with Gasteiger partial charge in [-0.2, -0.15) is 0 Å². The molecule has 0 fully saturated rings. The summed E-state index contributed by atoms with van der Waals surface area (Å²) in [6, 6.07) is 10.0. The number of nitro groups is 1. The summed E-state index contributed by atoms with van der Waals surface area (Å²) in [7, 11) is 1.64. The Kier molecular flexibility index (Phi) is 4.16. The Balaban J connectivity index is 1.84. The minimum Gasteiger partial charge on any atom is -0.383 e. The van der Waals surface area contributed by atoms with E-state index in [1.807, 2.05) is 6.08 Å². The van der Waals surface area contributed by atoms with Gasteiger partial charge < -0.3 is 5.32 Å². The van der Waals surface area contributed by atoms with E-state index in [2.05, 4.69) is 10.3 Å². The maximum Gasteiger partial charge on any atom is 0.292 e. The van der Waals surface area contributed by atoms with E-state index in [0.29, 0.717) is 46.0 Å². The van der Waals surface area contributed by atoms with Gasteiger partial charge in [-0.15, -0.1) is 0 Å². The zero-order valence-corrected chi connectivity index (χ0v) is 15.2. The second kappa shape index (κ2) is 6.51. The van der Waals surface area contributed by atoms with Gasteiger partial charge in [0.25, 0.3) is 11.2 Å². The lowest BCUT2D eigenvalue weighted by molar-refractivity contribution is -0.383. The number of benzene rings is 2. The summed E-state index contributed by atoms with van der Waals surface area (Å²) in [5.41, 5.74) is 2.47. The number of fused-ring (bicyclic) bond motifs is 2. The number of halogens is 1.